The predicted octanol–water partition coefficient (Wildman–Crippen LogP) is 6.46. The van der Waals surface area contributed by atoms with E-state index in [-0.39, 0.29) is 17.5 Å². The molecule has 250 valence electrons. The maximum absolute atomic E-state index is 14.4. The van der Waals surface area contributed by atoms with Gasteiger partial charge in [0.15, 0.2) is 6.29 Å². The van der Waals surface area contributed by atoms with Gasteiger partial charge in [0.1, 0.15) is 0 Å². The molecule has 2 aliphatic carbocycles. The molecular weight excluding hydrogens is 591 g/mol. The van der Waals surface area contributed by atoms with E-state index < -0.39 is 17.4 Å². The summed E-state index contributed by atoms with van der Waals surface area (Å²) in [4.78, 5) is 20.9. The average Bonchev–Trinajstić information content (AvgIpc) is 3.48. The van der Waals surface area contributed by atoms with Crippen LogP contribution in [0.1, 0.15) is 95.1 Å². The van der Waals surface area contributed by atoms with Crippen LogP contribution in [0, 0.1) is 5.92 Å². The van der Waals surface area contributed by atoms with Crippen LogP contribution in [0.5, 0.6) is 0 Å². The average molecular weight is 640 g/mol. The monoisotopic (exact) mass is 639 g/mol. The first-order valence-electron chi connectivity index (χ1n) is 17.3. The number of rotatable bonds is 6. The van der Waals surface area contributed by atoms with Gasteiger partial charge in [0, 0.05) is 37.2 Å². The fraction of sp³-hybridized carbons (Fsp3) is 0.629. The molecule has 2 saturated carbocycles. The summed E-state index contributed by atoms with van der Waals surface area (Å²) in [7, 11) is 2.20. The Kier molecular flexibility index (Phi) is 8.71. The zero-order chi connectivity index (χ0) is 32.1. The number of hydrazine groups is 1. The molecule has 1 aromatic carbocycles. The van der Waals surface area contributed by atoms with Crippen LogP contribution in [0.3, 0.4) is 0 Å². The lowest BCUT2D eigenvalue weighted by Gasteiger charge is -2.47. The van der Waals surface area contributed by atoms with Gasteiger partial charge in [-0.05, 0) is 94.3 Å². The highest BCUT2D eigenvalue weighted by Gasteiger charge is 2.47. The Morgan fingerprint density at radius 2 is 1.74 bits per heavy atom. The summed E-state index contributed by atoms with van der Waals surface area (Å²) >= 11 is 0. The van der Waals surface area contributed by atoms with E-state index in [9.17, 15) is 18.0 Å². The Morgan fingerprint density at radius 3 is 2.43 bits per heavy atom. The number of aromatic nitrogens is 2. The number of anilines is 1. The zero-order valence-corrected chi connectivity index (χ0v) is 27.2. The maximum atomic E-state index is 14.4. The number of hydrogen-bond acceptors (Lipinski definition) is 6. The largest absolute Gasteiger partial charge is 0.418 e. The summed E-state index contributed by atoms with van der Waals surface area (Å²) in [6.07, 6.45) is 12.1. The van der Waals surface area contributed by atoms with Crippen molar-refractivity contribution in [3.63, 3.8) is 0 Å². The second kappa shape index (κ2) is 12.6. The molecule has 4 fully saturated rings. The van der Waals surface area contributed by atoms with Crippen molar-refractivity contribution >= 4 is 11.2 Å². The van der Waals surface area contributed by atoms with E-state index in [0.29, 0.717) is 29.8 Å². The molecule has 2 saturated heterocycles. The number of nitrogens with one attached hydrogen (secondary N) is 2. The van der Waals surface area contributed by atoms with Gasteiger partial charge in [0.2, 0.25) is 0 Å². The van der Waals surface area contributed by atoms with Gasteiger partial charge in [0.05, 0.1) is 22.4 Å². The van der Waals surface area contributed by atoms with Gasteiger partial charge < -0.3 is 4.90 Å². The zero-order valence-electron chi connectivity index (χ0n) is 27.2. The van der Waals surface area contributed by atoms with Crippen LogP contribution in [0.15, 0.2) is 47.5 Å². The molecule has 8 nitrogen and oxygen atoms in total. The van der Waals surface area contributed by atoms with Crippen LogP contribution >= 0.6 is 0 Å². The van der Waals surface area contributed by atoms with E-state index in [1.54, 1.807) is 6.20 Å². The van der Waals surface area contributed by atoms with E-state index in [1.807, 2.05) is 18.2 Å². The van der Waals surface area contributed by atoms with Crippen LogP contribution in [0.25, 0.3) is 11.2 Å². The number of nitrogens with zero attached hydrogens (tertiary/aromatic N) is 5. The van der Waals surface area contributed by atoms with Gasteiger partial charge in [-0.2, -0.15) is 13.2 Å². The fourth-order valence-electron chi connectivity index (χ4n) is 8.29. The van der Waals surface area contributed by atoms with E-state index in [4.69, 9.17) is 0 Å². The number of piperidine rings is 1. The molecule has 2 atom stereocenters. The summed E-state index contributed by atoms with van der Waals surface area (Å²) in [6.45, 7) is 4.27. The van der Waals surface area contributed by atoms with Gasteiger partial charge in [0.25, 0.3) is 0 Å². The van der Waals surface area contributed by atoms with Crippen molar-refractivity contribution in [1.29, 1.82) is 0 Å². The van der Waals surface area contributed by atoms with Crippen LogP contribution in [-0.2, 0) is 12.7 Å². The molecule has 4 aliphatic rings. The van der Waals surface area contributed by atoms with Crippen molar-refractivity contribution in [2.75, 3.05) is 25.0 Å². The number of pyridine rings is 1. The van der Waals surface area contributed by atoms with Gasteiger partial charge in [-0.15, -0.1) is 0 Å². The number of imidazole rings is 1. The minimum absolute atomic E-state index is 0.0818. The van der Waals surface area contributed by atoms with Crippen LogP contribution in [0.4, 0.5) is 18.9 Å². The van der Waals surface area contributed by atoms with E-state index in [2.05, 4.69) is 45.6 Å². The minimum atomic E-state index is -4.59. The van der Waals surface area contributed by atoms with E-state index in [0.717, 1.165) is 57.3 Å². The second-order valence-electron chi connectivity index (χ2n) is 14.3. The van der Waals surface area contributed by atoms with Crippen molar-refractivity contribution in [1.82, 2.24) is 29.6 Å². The Bertz CT molecular complexity index is 1590. The normalized spacial score (nSPS) is 25.1. The molecule has 2 aliphatic heterocycles. The molecule has 1 spiro atoms. The molecule has 2 N–H and O–H groups in total. The molecule has 3 aromatic rings. The molecule has 11 heteroatoms. The highest BCUT2D eigenvalue weighted by molar-refractivity contribution is 5.60. The molecule has 0 bridgehead atoms. The molecule has 0 radical (unpaired) electrons. The summed E-state index contributed by atoms with van der Waals surface area (Å²) in [5, 5.41) is 0. The van der Waals surface area contributed by atoms with Gasteiger partial charge in [-0.25, -0.2) is 15.6 Å². The lowest BCUT2D eigenvalue weighted by atomic mass is 9.89. The lowest BCUT2D eigenvalue weighted by molar-refractivity contribution is -0.136. The van der Waals surface area contributed by atoms with Crippen molar-refractivity contribution in [3.05, 3.63) is 64.3 Å². The Labute approximate surface area is 269 Å². The molecule has 46 heavy (non-hydrogen) atoms. The molecule has 4 heterocycles. The smallest absolute Gasteiger partial charge is 0.339 e. The first-order valence-corrected chi connectivity index (χ1v) is 17.3. The van der Waals surface area contributed by atoms with Crippen LogP contribution < -0.4 is 21.4 Å². The first kappa shape index (κ1) is 31.7. The minimum Gasteiger partial charge on any atom is -0.339 e. The number of fused-ring (bicyclic) bond motifs is 1. The predicted molar refractivity (Wildman–Crippen MR) is 175 cm³/mol. The number of halogens is 3. The quantitative estimate of drug-likeness (QED) is 0.323. The molecular formula is C35H48F3N7O. The topological polar surface area (TPSA) is 60.2 Å². The van der Waals surface area contributed by atoms with Crippen LogP contribution in [-0.4, -0.2) is 56.9 Å². The molecule has 2 aromatic heterocycles. The molecule has 0 amide bonds. The SMILES string of the molecule is C[C@H]1CCCN(Cc2cc(C(F)(F)F)c3cn(-c4cccc(N(C5CCC5)C5NNC6(CCCCCCC6)N5C)c4)c(=O)n3c2)C1. The third-order valence-corrected chi connectivity index (χ3v) is 11.1. The Morgan fingerprint density at radius 1 is 0.978 bits per heavy atom. The summed E-state index contributed by atoms with van der Waals surface area (Å²) in [6, 6.07) is 9.30. The highest BCUT2D eigenvalue weighted by atomic mass is 19.4. The third-order valence-electron chi connectivity index (χ3n) is 11.1. The Hall–Kier alpha value is -2.86. The Balaban J connectivity index is 1.23. The van der Waals surface area contributed by atoms with Gasteiger partial charge in [-0.1, -0.05) is 45.1 Å². The number of hydrogen-bond donors (Lipinski definition) is 2. The van der Waals surface area contributed by atoms with Crippen molar-refractivity contribution in [2.24, 2.45) is 5.92 Å². The van der Waals surface area contributed by atoms with E-state index in [1.165, 1.54) is 59.8 Å². The molecule has 1 unspecified atom stereocenters. The van der Waals surface area contributed by atoms with Crippen molar-refractivity contribution in [2.45, 2.75) is 115 Å². The standard InChI is InChI=1S/C35H48F3N7O/c1-25-11-10-18-42(21-25)22-26-19-30(35(36,37)38)31-24-43(33(46)44(31)23-26)28-14-9-15-29(20-28)45(27-12-8-13-27)32-39-40-34(41(32)2)16-6-4-3-5-7-17-34/h9,14-15,19-20,23-25,27,32,39-40H,3-8,10-13,16-18,21-22H2,1-2H3/t25-,32?/m0/s1. The summed E-state index contributed by atoms with van der Waals surface area (Å²) in [5.74, 6) is 0.507. The maximum Gasteiger partial charge on any atom is 0.418 e. The number of alkyl halides is 3. The van der Waals surface area contributed by atoms with Gasteiger partial charge >= 0.3 is 11.9 Å². The lowest BCUT2D eigenvalue weighted by Crippen LogP contribution is -2.58. The number of likely N-dealkylation sites (tertiary alicyclic amines) is 1. The van der Waals surface area contributed by atoms with Crippen molar-refractivity contribution < 1.29 is 13.2 Å². The second-order valence-corrected chi connectivity index (χ2v) is 14.3. The number of benzene rings is 1. The third kappa shape index (κ3) is 6.00. The summed E-state index contributed by atoms with van der Waals surface area (Å²) in [5.41, 5.74) is 7.83. The van der Waals surface area contributed by atoms with E-state index >= 15 is 0 Å². The van der Waals surface area contributed by atoms with Crippen molar-refractivity contribution in [3.8, 4) is 5.69 Å². The highest BCUT2D eigenvalue weighted by Crippen LogP contribution is 2.39. The first-order chi connectivity index (χ1) is 22.1. The fourth-order valence-corrected chi connectivity index (χ4v) is 8.29. The van der Waals surface area contributed by atoms with Gasteiger partial charge in [-0.3, -0.25) is 18.8 Å². The molecule has 7 rings (SSSR count). The summed E-state index contributed by atoms with van der Waals surface area (Å²) < 4.78 is 45.9. The van der Waals surface area contributed by atoms with Crippen LogP contribution in [0.2, 0.25) is 0 Å².